The van der Waals surface area contributed by atoms with Crippen LogP contribution in [0.15, 0.2) is 18.5 Å². The Morgan fingerprint density at radius 1 is 1.26 bits per heavy atom. The maximum Gasteiger partial charge on any atom is 0.144 e. The fourth-order valence-corrected chi connectivity index (χ4v) is 2.95. The Hall–Kier alpha value is -1.42. The predicted octanol–water partition coefficient (Wildman–Crippen LogP) is 2.07. The van der Waals surface area contributed by atoms with Crippen molar-refractivity contribution in [2.75, 3.05) is 12.3 Å². The summed E-state index contributed by atoms with van der Waals surface area (Å²) in [5.74, 6) is 0.233. The van der Waals surface area contributed by atoms with Crippen molar-refractivity contribution < 1.29 is 4.79 Å². The number of nitrogens with two attached hydrogens (primary N) is 2. The monoisotopic (exact) mass is 261 g/mol. The summed E-state index contributed by atoms with van der Waals surface area (Å²) >= 11 is 0. The van der Waals surface area contributed by atoms with Crippen molar-refractivity contribution in [1.82, 2.24) is 4.98 Å². The number of nitrogens with zero attached hydrogens (tertiary/aromatic N) is 1. The van der Waals surface area contributed by atoms with Crippen LogP contribution in [0.2, 0.25) is 0 Å². The van der Waals surface area contributed by atoms with Gasteiger partial charge >= 0.3 is 0 Å². The molecule has 1 saturated carbocycles. The first-order valence-electron chi connectivity index (χ1n) is 7.10. The van der Waals surface area contributed by atoms with Crippen LogP contribution in [-0.2, 0) is 11.2 Å². The molecule has 1 heterocycles. The molecule has 19 heavy (non-hydrogen) atoms. The number of hydrogen-bond acceptors (Lipinski definition) is 4. The standard InChI is InChI=1S/C15H23N3O/c16-11-15(6-3-1-2-4-7-15)14(19)9-12-10-18-8-5-13(12)17/h5,8,10H,1-4,6-7,9,11,16H2,(H2,17,18). The number of rotatable bonds is 4. The number of ketones is 1. The smallest absolute Gasteiger partial charge is 0.144 e. The van der Waals surface area contributed by atoms with E-state index in [0.717, 1.165) is 31.2 Å². The van der Waals surface area contributed by atoms with E-state index in [1.165, 1.54) is 12.8 Å². The van der Waals surface area contributed by atoms with Crippen molar-refractivity contribution in [2.45, 2.75) is 44.9 Å². The molecule has 1 aromatic heterocycles. The molecule has 0 amide bonds. The topological polar surface area (TPSA) is 82.0 Å². The summed E-state index contributed by atoms with van der Waals surface area (Å²) in [6.07, 6.45) is 10.2. The molecule has 1 aliphatic rings. The second-order valence-electron chi connectivity index (χ2n) is 5.57. The summed E-state index contributed by atoms with van der Waals surface area (Å²) in [5, 5.41) is 0. The van der Waals surface area contributed by atoms with Crippen molar-refractivity contribution in [3.05, 3.63) is 24.0 Å². The summed E-state index contributed by atoms with van der Waals surface area (Å²) in [5.41, 5.74) is 13.0. The van der Waals surface area contributed by atoms with Gasteiger partial charge in [0.25, 0.3) is 0 Å². The van der Waals surface area contributed by atoms with Crippen LogP contribution < -0.4 is 11.5 Å². The summed E-state index contributed by atoms with van der Waals surface area (Å²) in [4.78, 5) is 16.7. The number of hydrogen-bond donors (Lipinski definition) is 2. The maximum atomic E-state index is 12.7. The van der Waals surface area contributed by atoms with Crippen molar-refractivity contribution in [3.8, 4) is 0 Å². The molecule has 4 nitrogen and oxygen atoms in total. The van der Waals surface area contributed by atoms with Crippen molar-refractivity contribution in [2.24, 2.45) is 11.1 Å². The lowest BCUT2D eigenvalue weighted by atomic mass is 9.75. The highest BCUT2D eigenvalue weighted by atomic mass is 16.1. The minimum atomic E-state index is -0.335. The Labute approximate surface area is 114 Å². The fourth-order valence-electron chi connectivity index (χ4n) is 2.95. The molecule has 4 heteroatoms. The first kappa shape index (κ1) is 14.0. The van der Waals surface area contributed by atoms with E-state index in [0.29, 0.717) is 18.7 Å². The van der Waals surface area contributed by atoms with E-state index < -0.39 is 0 Å². The summed E-state index contributed by atoms with van der Waals surface area (Å²) < 4.78 is 0. The minimum absolute atomic E-state index is 0.233. The summed E-state index contributed by atoms with van der Waals surface area (Å²) in [6.45, 7) is 0.450. The van der Waals surface area contributed by atoms with Gasteiger partial charge in [-0.3, -0.25) is 9.78 Å². The van der Waals surface area contributed by atoms with Crippen molar-refractivity contribution >= 4 is 11.5 Å². The van der Waals surface area contributed by atoms with Crippen molar-refractivity contribution in [1.29, 1.82) is 0 Å². The molecule has 1 fully saturated rings. The fraction of sp³-hybridized carbons (Fsp3) is 0.600. The molecule has 4 N–H and O–H groups in total. The highest BCUT2D eigenvalue weighted by Gasteiger charge is 2.36. The normalized spacial score (nSPS) is 18.8. The van der Waals surface area contributed by atoms with E-state index in [-0.39, 0.29) is 11.2 Å². The lowest BCUT2D eigenvalue weighted by Crippen LogP contribution is -2.39. The number of carbonyl (C=O) groups excluding carboxylic acids is 1. The molecule has 0 saturated heterocycles. The quantitative estimate of drug-likeness (QED) is 0.813. The zero-order chi connectivity index (χ0) is 13.7. The van der Waals surface area contributed by atoms with Gasteiger partial charge in [-0.15, -0.1) is 0 Å². The summed E-state index contributed by atoms with van der Waals surface area (Å²) in [7, 11) is 0. The first-order chi connectivity index (χ1) is 9.18. The minimum Gasteiger partial charge on any atom is -0.398 e. The zero-order valence-electron chi connectivity index (χ0n) is 11.4. The molecule has 1 aliphatic carbocycles. The van der Waals surface area contributed by atoms with E-state index in [2.05, 4.69) is 4.98 Å². The average molecular weight is 261 g/mol. The van der Waals surface area contributed by atoms with Crippen LogP contribution in [-0.4, -0.2) is 17.3 Å². The summed E-state index contributed by atoms with van der Waals surface area (Å²) in [6, 6.07) is 1.74. The van der Waals surface area contributed by atoms with Gasteiger partial charge in [-0.1, -0.05) is 25.7 Å². The van der Waals surface area contributed by atoms with Gasteiger partial charge in [0.15, 0.2) is 0 Å². The molecular formula is C15H23N3O. The Balaban J connectivity index is 2.14. The average Bonchev–Trinajstić information content (AvgIpc) is 2.67. The lowest BCUT2D eigenvalue weighted by molar-refractivity contribution is -0.128. The molecule has 1 aromatic rings. The third kappa shape index (κ3) is 3.13. The molecule has 0 bridgehead atoms. The Kier molecular flexibility index (Phi) is 4.53. The van der Waals surface area contributed by atoms with Gasteiger partial charge in [0.1, 0.15) is 5.78 Å². The van der Waals surface area contributed by atoms with Gasteiger partial charge < -0.3 is 11.5 Å². The molecule has 0 unspecified atom stereocenters. The number of Topliss-reactive ketones (excluding diaryl/α,β-unsaturated/α-hetero) is 1. The van der Waals surface area contributed by atoms with Crippen LogP contribution in [0.3, 0.4) is 0 Å². The van der Waals surface area contributed by atoms with E-state index in [1.807, 2.05) is 0 Å². The number of pyridine rings is 1. The number of carbonyl (C=O) groups is 1. The van der Waals surface area contributed by atoms with Crippen LogP contribution in [0, 0.1) is 5.41 Å². The zero-order valence-corrected chi connectivity index (χ0v) is 11.4. The second-order valence-corrected chi connectivity index (χ2v) is 5.57. The molecular weight excluding hydrogens is 238 g/mol. The highest BCUT2D eigenvalue weighted by molar-refractivity contribution is 5.88. The van der Waals surface area contributed by atoms with Crippen LogP contribution in [0.1, 0.15) is 44.1 Å². The third-order valence-corrected chi connectivity index (χ3v) is 4.34. The van der Waals surface area contributed by atoms with Gasteiger partial charge in [0.2, 0.25) is 0 Å². The molecule has 2 rings (SSSR count). The molecule has 0 atom stereocenters. The van der Waals surface area contributed by atoms with E-state index in [9.17, 15) is 4.79 Å². The molecule has 0 aromatic carbocycles. The number of aromatic nitrogens is 1. The number of anilines is 1. The highest BCUT2D eigenvalue weighted by Crippen LogP contribution is 2.36. The molecule has 0 aliphatic heterocycles. The second kappa shape index (κ2) is 6.15. The number of nitrogen functional groups attached to an aromatic ring is 1. The van der Waals surface area contributed by atoms with Crippen molar-refractivity contribution in [3.63, 3.8) is 0 Å². The van der Waals surface area contributed by atoms with Gasteiger partial charge in [-0.2, -0.15) is 0 Å². The first-order valence-corrected chi connectivity index (χ1v) is 7.10. The van der Waals surface area contributed by atoms with E-state index >= 15 is 0 Å². The lowest BCUT2D eigenvalue weighted by Gasteiger charge is -2.30. The van der Waals surface area contributed by atoms with Crippen LogP contribution in [0.4, 0.5) is 5.69 Å². The van der Waals surface area contributed by atoms with Crippen LogP contribution in [0.5, 0.6) is 0 Å². The van der Waals surface area contributed by atoms with Gasteiger partial charge in [-0.05, 0) is 18.9 Å². The van der Waals surface area contributed by atoms with Crippen LogP contribution >= 0.6 is 0 Å². The Morgan fingerprint density at radius 2 is 1.95 bits per heavy atom. The van der Waals surface area contributed by atoms with Gasteiger partial charge in [-0.25, -0.2) is 0 Å². The van der Waals surface area contributed by atoms with Crippen LogP contribution in [0.25, 0.3) is 0 Å². The van der Waals surface area contributed by atoms with Gasteiger partial charge in [0, 0.05) is 42.0 Å². The SMILES string of the molecule is NCC1(C(=O)Cc2cnccc2N)CCCCCC1. The molecule has 104 valence electrons. The Bertz CT molecular complexity index is 437. The molecule has 0 spiro atoms. The molecule has 0 radical (unpaired) electrons. The largest absolute Gasteiger partial charge is 0.398 e. The van der Waals surface area contributed by atoms with E-state index in [4.69, 9.17) is 11.5 Å². The predicted molar refractivity (Wildman–Crippen MR) is 76.5 cm³/mol. The van der Waals surface area contributed by atoms with Gasteiger partial charge in [0.05, 0.1) is 0 Å². The third-order valence-electron chi connectivity index (χ3n) is 4.34. The Morgan fingerprint density at radius 3 is 2.53 bits per heavy atom. The maximum absolute atomic E-state index is 12.7. The van der Waals surface area contributed by atoms with E-state index in [1.54, 1.807) is 18.5 Å².